The number of aromatic nitrogens is 2. The zero-order valence-corrected chi connectivity index (χ0v) is 10.3. The maximum Gasteiger partial charge on any atom is 0.354 e. The van der Waals surface area contributed by atoms with Gasteiger partial charge in [0.2, 0.25) is 0 Å². The summed E-state index contributed by atoms with van der Waals surface area (Å²) < 4.78 is 6.32. The number of halogens is 1. The normalized spacial score (nSPS) is 10.2. The minimum absolute atomic E-state index is 0.0528. The van der Waals surface area contributed by atoms with Crippen LogP contribution in [-0.2, 0) is 6.61 Å². The van der Waals surface area contributed by atoms with Crippen molar-refractivity contribution >= 4 is 21.9 Å². The fourth-order valence-electron chi connectivity index (χ4n) is 1.32. The molecule has 0 fully saturated rings. The molecule has 2 aromatic rings. The predicted octanol–water partition coefficient (Wildman–Crippen LogP) is 2.45. The van der Waals surface area contributed by atoms with Gasteiger partial charge in [-0.25, -0.2) is 4.79 Å². The van der Waals surface area contributed by atoms with Crippen LogP contribution in [0.25, 0.3) is 0 Å². The molecule has 88 valence electrons. The Kier molecular flexibility index (Phi) is 3.43. The first-order valence-corrected chi connectivity index (χ1v) is 5.60. The van der Waals surface area contributed by atoms with Gasteiger partial charge in [-0.15, -0.1) is 0 Å². The second-order valence-corrected chi connectivity index (χ2v) is 4.15. The molecule has 1 heterocycles. The van der Waals surface area contributed by atoms with Gasteiger partial charge in [0, 0.05) is 5.56 Å². The second kappa shape index (κ2) is 5.01. The maximum atomic E-state index is 10.8. The number of hydrogen-bond acceptors (Lipinski definition) is 3. The number of hydrogen-bond donors (Lipinski definition) is 2. The molecule has 2 N–H and O–H groups in total. The summed E-state index contributed by atoms with van der Waals surface area (Å²) in [5.41, 5.74) is 0.560. The third-order valence-electron chi connectivity index (χ3n) is 2.15. The standard InChI is InChI=1S/C11H9BrN2O3/c12-8-3-1-2-4-9(8)17-6-7-5-13-14-10(7)11(15)16/h1-5H,6H2,(H,13,14)(H,15,16). The number of nitrogens with one attached hydrogen (secondary N) is 1. The number of aromatic amines is 1. The van der Waals surface area contributed by atoms with Crippen molar-refractivity contribution in [1.29, 1.82) is 0 Å². The van der Waals surface area contributed by atoms with E-state index in [0.717, 1.165) is 4.47 Å². The summed E-state index contributed by atoms with van der Waals surface area (Å²) in [6.07, 6.45) is 1.44. The minimum atomic E-state index is -1.05. The van der Waals surface area contributed by atoms with E-state index in [1.165, 1.54) is 6.20 Å². The minimum Gasteiger partial charge on any atom is -0.488 e. The quantitative estimate of drug-likeness (QED) is 0.909. The highest BCUT2D eigenvalue weighted by molar-refractivity contribution is 9.10. The van der Waals surface area contributed by atoms with E-state index in [0.29, 0.717) is 11.3 Å². The molecule has 0 atom stereocenters. The summed E-state index contributed by atoms with van der Waals surface area (Å²) in [5, 5.41) is 15.0. The molecular weight excluding hydrogens is 288 g/mol. The third kappa shape index (κ3) is 2.65. The number of nitrogens with zero attached hydrogens (tertiary/aromatic N) is 1. The number of carboxylic acid groups (broad SMARTS) is 1. The Morgan fingerprint density at radius 3 is 2.94 bits per heavy atom. The first-order chi connectivity index (χ1) is 8.18. The molecule has 17 heavy (non-hydrogen) atoms. The Morgan fingerprint density at radius 1 is 1.47 bits per heavy atom. The highest BCUT2D eigenvalue weighted by atomic mass is 79.9. The number of H-pyrrole nitrogens is 1. The number of ether oxygens (including phenoxy) is 1. The van der Waals surface area contributed by atoms with E-state index in [9.17, 15) is 4.79 Å². The van der Waals surface area contributed by atoms with Crippen LogP contribution in [0.1, 0.15) is 16.1 Å². The average Bonchev–Trinajstić information content (AvgIpc) is 2.76. The van der Waals surface area contributed by atoms with E-state index in [1.54, 1.807) is 6.07 Å². The van der Waals surface area contributed by atoms with Gasteiger partial charge in [-0.3, -0.25) is 5.10 Å². The Hall–Kier alpha value is -1.82. The van der Waals surface area contributed by atoms with Crippen molar-refractivity contribution in [3.05, 3.63) is 46.2 Å². The number of aromatic carboxylic acids is 1. The molecule has 0 aliphatic carbocycles. The van der Waals surface area contributed by atoms with E-state index in [2.05, 4.69) is 26.1 Å². The Labute approximate surface area is 106 Å². The average molecular weight is 297 g/mol. The first kappa shape index (κ1) is 11.7. The summed E-state index contributed by atoms with van der Waals surface area (Å²) in [6.45, 7) is 0.154. The molecule has 1 aromatic carbocycles. The molecule has 6 heteroatoms. The Bertz CT molecular complexity index is 539. The van der Waals surface area contributed by atoms with Crippen LogP contribution in [0.2, 0.25) is 0 Å². The fourth-order valence-corrected chi connectivity index (χ4v) is 1.72. The van der Waals surface area contributed by atoms with E-state index in [4.69, 9.17) is 9.84 Å². The van der Waals surface area contributed by atoms with Crippen molar-refractivity contribution in [2.24, 2.45) is 0 Å². The zero-order valence-electron chi connectivity index (χ0n) is 8.68. The van der Waals surface area contributed by atoms with Gasteiger partial charge >= 0.3 is 5.97 Å². The molecule has 0 radical (unpaired) electrons. The van der Waals surface area contributed by atoms with Crippen LogP contribution < -0.4 is 4.74 Å². The zero-order chi connectivity index (χ0) is 12.3. The Morgan fingerprint density at radius 2 is 2.24 bits per heavy atom. The number of para-hydroxylation sites is 1. The summed E-state index contributed by atoms with van der Waals surface area (Å²) >= 11 is 3.34. The molecular formula is C11H9BrN2O3. The molecule has 0 saturated carbocycles. The van der Waals surface area contributed by atoms with Crippen LogP contribution in [0.15, 0.2) is 34.9 Å². The molecule has 0 spiro atoms. The van der Waals surface area contributed by atoms with Gasteiger partial charge in [0.25, 0.3) is 0 Å². The van der Waals surface area contributed by atoms with Crippen molar-refractivity contribution in [2.75, 3.05) is 0 Å². The molecule has 0 aliphatic heterocycles. The highest BCUT2D eigenvalue weighted by Gasteiger charge is 2.12. The van der Waals surface area contributed by atoms with E-state index < -0.39 is 5.97 Å². The van der Waals surface area contributed by atoms with Crippen molar-refractivity contribution in [1.82, 2.24) is 10.2 Å². The van der Waals surface area contributed by atoms with E-state index in [1.807, 2.05) is 18.2 Å². The van der Waals surface area contributed by atoms with Crippen molar-refractivity contribution in [3.63, 3.8) is 0 Å². The lowest BCUT2D eigenvalue weighted by Crippen LogP contribution is -2.04. The van der Waals surface area contributed by atoms with Gasteiger partial charge < -0.3 is 9.84 Å². The fraction of sp³-hybridized carbons (Fsp3) is 0.0909. The van der Waals surface area contributed by atoms with Gasteiger partial charge in [-0.2, -0.15) is 5.10 Å². The lowest BCUT2D eigenvalue weighted by atomic mass is 10.2. The molecule has 0 amide bonds. The summed E-state index contributed by atoms with van der Waals surface area (Å²) in [4.78, 5) is 10.8. The molecule has 2 rings (SSSR count). The summed E-state index contributed by atoms with van der Waals surface area (Å²) in [5.74, 6) is -0.390. The third-order valence-corrected chi connectivity index (χ3v) is 2.81. The number of carboxylic acids is 1. The smallest absolute Gasteiger partial charge is 0.354 e. The summed E-state index contributed by atoms with van der Waals surface area (Å²) in [6, 6.07) is 7.36. The second-order valence-electron chi connectivity index (χ2n) is 3.29. The highest BCUT2D eigenvalue weighted by Crippen LogP contribution is 2.24. The predicted molar refractivity (Wildman–Crippen MR) is 64.0 cm³/mol. The largest absolute Gasteiger partial charge is 0.488 e. The van der Waals surface area contributed by atoms with Crippen LogP contribution >= 0.6 is 15.9 Å². The Balaban J connectivity index is 2.10. The molecule has 1 aromatic heterocycles. The van der Waals surface area contributed by atoms with Crippen molar-refractivity contribution in [2.45, 2.75) is 6.61 Å². The lowest BCUT2D eigenvalue weighted by Gasteiger charge is -2.06. The van der Waals surface area contributed by atoms with Crippen LogP contribution in [0, 0.1) is 0 Å². The van der Waals surface area contributed by atoms with Gasteiger partial charge in [0.05, 0.1) is 10.7 Å². The molecule has 0 unspecified atom stereocenters. The number of benzene rings is 1. The van der Waals surface area contributed by atoms with Crippen LogP contribution in [0.5, 0.6) is 5.75 Å². The van der Waals surface area contributed by atoms with Gasteiger partial charge in [0.1, 0.15) is 18.1 Å². The SMILES string of the molecule is O=C(O)c1[nH]ncc1COc1ccccc1Br. The van der Waals surface area contributed by atoms with Gasteiger partial charge in [0.15, 0.2) is 0 Å². The van der Waals surface area contributed by atoms with E-state index in [-0.39, 0.29) is 12.3 Å². The maximum absolute atomic E-state index is 10.8. The van der Waals surface area contributed by atoms with Gasteiger partial charge in [-0.1, -0.05) is 12.1 Å². The van der Waals surface area contributed by atoms with Crippen LogP contribution in [0.3, 0.4) is 0 Å². The monoisotopic (exact) mass is 296 g/mol. The lowest BCUT2D eigenvalue weighted by molar-refractivity contribution is 0.0687. The van der Waals surface area contributed by atoms with Crippen LogP contribution in [0.4, 0.5) is 0 Å². The molecule has 0 bridgehead atoms. The number of carbonyl (C=O) groups is 1. The number of rotatable bonds is 4. The topological polar surface area (TPSA) is 75.2 Å². The van der Waals surface area contributed by atoms with Crippen molar-refractivity contribution < 1.29 is 14.6 Å². The first-order valence-electron chi connectivity index (χ1n) is 4.81. The molecule has 0 aliphatic rings. The summed E-state index contributed by atoms with van der Waals surface area (Å²) in [7, 11) is 0. The van der Waals surface area contributed by atoms with Crippen molar-refractivity contribution in [3.8, 4) is 5.75 Å². The van der Waals surface area contributed by atoms with E-state index >= 15 is 0 Å². The molecule has 5 nitrogen and oxygen atoms in total. The van der Waals surface area contributed by atoms with Gasteiger partial charge in [-0.05, 0) is 28.1 Å². The molecule has 0 saturated heterocycles. The van der Waals surface area contributed by atoms with Crippen LogP contribution in [-0.4, -0.2) is 21.3 Å².